The van der Waals surface area contributed by atoms with Gasteiger partial charge in [-0.15, -0.1) is 0 Å². The van der Waals surface area contributed by atoms with Crippen LogP contribution in [0.4, 0.5) is 0 Å². The van der Waals surface area contributed by atoms with Crippen molar-refractivity contribution in [2.24, 2.45) is 5.73 Å². The monoisotopic (exact) mass is 343 g/mol. The first kappa shape index (κ1) is 18.6. The van der Waals surface area contributed by atoms with Crippen molar-refractivity contribution in [3.8, 4) is 0 Å². The van der Waals surface area contributed by atoms with Crippen LogP contribution in [0, 0.1) is 0 Å². The van der Waals surface area contributed by atoms with Gasteiger partial charge in [0.15, 0.2) is 0 Å². The van der Waals surface area contributed by atoms with Crippen LogP contribution in [0.5, 0.6) is 0 Å². The van der Waals surface area contributed by atoms with Gasteiger partial charge in [0.05, 0.1) is 0 Å². The SMILES string of the molecule is C[C@@H](N)[C@H](NC(=O)c1ccc(C(O)c2ccccc2)cc1)C(=O)NO. The predicted octanol–water partition coefficient (Wildman–Crippen LogP) is 0.719. The maximum atomic E-state index is 12.2. The zero-order valence-electron chi connectivity index (χ0n) is 13.7. The largest absolute Gasteiger partial charge is 0.384 e. The van der Waals surface area contributed by atoms with Gasteiger partial charge < -0.3 is 16.2 Å². The predicted molar refractivity (Wildman–Crippen MR) is 91.8 cm³/mol. The van der Waals surface area contributed by atoms with E-state index in [1.54, 1.807) is 31.2 Å². The second kappa shape index (κ2) is 8.39. The average Bonchev–Trinajstić information content (AvgIpc) is 2.65. The zero-order chi connectivity index (χ0) is 18.4. The fourth-order valence-corrected chi connectivity index (χ4v) is 2.37. The summed E-state index contributed by atoms with van der Waals surface area (Å²) in [6.45, 7) is 1.54. The summed E-state index contributed by atoms with van der Waals surface area (Å²) in [5.41, 5.74) is 8.82. The molecule has 0 spiro atoms. The highest BCUT2D eigenvalue weighted by molar-refractivity contribution is 5.97. The first-order chi connectivity index (χ1) is 11.9. The first-order valence-electron chi connectivity index (χ1n) is 7.77. The van der Waals surface area contributed by atoms with E-state index in [0.717, 1.165) is 5.56 Å². The molecule has 0 bridgehead atoms. The summed E-state index contributed by atoms with van der Waals surface area (Å²) in [5.74, 6) is -1.30. The van der Waals surface area contributed by atoms with Crippen molar-refractivity contribution in [3.63, 3.8) is 0 Å². The van der Waals surface area contributed by atoms with E-state index >= 15 is 0 Å². The molecule has 7 heteroatoms. The number of rotatable bonds is 6. The van der Waals surface area contributed by atoms with Crippen LogP contribution < -0.4 is 16.5 Å². The lowest BCUT2D eigenvalue weighted by atomic mass is 10.00. The van der Waals surface area contributed by atoms with Gasteiger partial charge in [-0.1, -0.05) is 42.5 Å². The lowest BCUT2D eigenvalue weighted by molar-refractivity contribution is -0.131. The fraction of sp³-hybridized carbons (Fsp3) is 0.222. The summed E-state index contributed by atoms with van der Waals surface area (Å²) in [6, 6.07) is 13.8. The zero-order valence-corrected chi connectivity index (χ0v) is 13.7. The Morgan fingerprint density at radius 2 is 1.56 bits per heavy atom. The van der Waals surface area contributed by atoms with Crippen LogP contribution in [0.1, 0.15) is 34.5 Å². The Hall–Kier alpha value is -2.74. The number of aliphatic hydroxyl groups is 1. The van der Waals surface area contributed by atoms with Crippen molar-refractivity contribution in [1.82, 2.24) is 10.8 Å². The number of aliphatic hydroxyl groups excluding tert-OH is 1. The van der Waals surface area contributed by atoms with Gasteiger partial charge in [-0.3, -0.25) is 14.8 Å². The van der Waals surface area contributed by atoms with Gasteiger partial charge in [0.25, 0.3) is 11.8 Å². The highest BCUT2D eigenvalue weighted by Crippen LogP contribution is 2.21. The number of amides is 2. The van der Waals surface area contributed by atoms with Crippen LogP contribution in [0.15, 0.2) is 54.6 Å². The molecule has 6 N–H and O–H groups in total. The molecule has 0 saturated carbocycles. The molecule has 3 atom stereocenters. The van der Waals surface area contributed by atoms with Crippen LogP contribution in [0.3, 0.4) is 0 Å². The Kier molecular flexibility index (Phi) is 6.24. The molecule has 132 valence electrons. The number of hydrogen-bond acceptors (Lipinski definition) is 5. The molecule has 0 aliphatic rings. The maximum Gasteiger partial charge on any atom is 0.267 e. The second-order valence-corrected chi connectivity index (χ2v) is 5.72. The van der Waals surface area contributed by atoms with E-state index in [9.17, 15) is 14.7 Å². The molecule has 1 unspecified atom stereocenters. The molecular weight excluding hydrogens is 322 g/mol. The molecule has 2 amide bonds. The van der Waals surface area contributed by atoms with Crippen LogP contribution >= 0.6 is 0 Å². The molecule has 7 nitrogen and oxygen atoms in total. The van der Waals surface area contributed by atoms with Crippen molar-refractivity contribution in [2.45, 2.75) is 25.1 Å². The Morgan fingerprint density at radius 3 is 2.08 bits per heavy atom. The summed E-state index contributed by atoms with van der Waals surface area (Å²) < 4.78 is 0. The molecule has 0 aromatic heterocycles. The van der Waals surface area contributed by atoms with Crippen LogP contribution in [0.25, 0.3) is 0 Å². The number of hydroxylamine groups is 1. The quantitative estimate of drug-likeness (QED) is 0.390. The molecule has 0 aliphatic carbocycles. The highest BCUT2D eigenvalue weighted by Gasteiger charge is 2.24. The standard InChI is InChI=1S/C18H21N3O4/c1-11(19)15(18(24)21-25)20-17(23)14-9-7-13(8-10-14)16(22)12-5-3-2-4-6-12/h2-11,15-16,22,25H,19H2,1H3,(H,20,23)(H,21,24)/t11-,15+,16?/m1/s1. The average molecular weight is 343 g/mol. The van der Waals surface area contributed by atoms with E-state index in [1.807, 2.05) is 30.3 Å². The second-order valence-electron chi connectivity index (χ2n) is 5.72. The lowest BCUT2D eigenvalue weighted by Gasteiger charge is -2.20. The molecule has 0 radical (unpaired) electrons. The molecule has 2 aromatic carbocycles. The number of carbonyl (C=O) groups excluding carboxylic acids is 2. The Morgan fingerprint density at radius 1 is 1.00 bits per heavy atom. The van der Waals surface area contributed by atoms with Crippen LogP contribution in [0.2, 0.25) is 0 Å². The van der Waals surface area contributed by atoms with Crippen molar-refractivity contribution >= 4 is 11.8 Å². The fourth-order valence-electron chi connectivity index (χ4n) is 2.37. The Labute approximate surface area is 145 Å². The van der Waals surface area contributed by atoms with Gasteiger partial charge in [0, 0.05) is 11.6 Å². The first-order valence-corrected chi connectivity index (χ1v) is 7.77. The topological polar surface area (TPSA) is 125 Å². The van der Waals surface area contributed by atoms with Crippen LogP contribution in [-0.4, -0.2) is 34.2 Å². The molecule has 2 rings (SSSR count). The number of carbonyl (C=O) groups is 2. The van der Waals surface area contributed by atoms with Crippen LogP contribution in [-0.2, 0) is 4.79 Å². The molecule has 0 saturated heterocycles. The lowest BCUT2D eigenvalue weighted by Crippen LogP contribution is -2.54. The van der Waals surface area contributed by atoms with Gasteiger partial charge in [0.1, 0.15) is 12.1 Å². The van der Waals surface area contributed by atoms with Crippen molar-refractivity contribution in [2.75, 3.05) is 0 Å². The molecule has 25 heavy (non-hydrogen) atoms. The molecular formula is C18H21N3O4. The van der Waals surface area contributed by atoms with Gasteiger partial charge in [-0.2, -0.15) is 0 Å². The van der Waals surface area contributed by atoms with Gasteiger partial charge in [0.2, 0.25) is 0 Å². The Bertz CT molecular complexity index is 717. The van der Waals surface area contributed by atoms with E-state index in [1.165, 1.54) is 5.48 Å². The third kappa shape index (κ3) is 4.63. The summed E-state index contributed by atoms with van der Waals surface area (Å²) in [5, 5.41) is 21.5. The molecule has 0 aliphatic heterocycles. The summed E-state index contributed by atoms with van der Waals surface area (Å²) in [6.07, 6.45) is -0.796. The third-order valence-electron chi connectivity index (χ3n) is 3.81. The van der Waals surface area contributed by atoms with Gasteiger partial charge in [-0.25, -0.2) is 5.48 Å². The van der Waals surface area contributed by atoms with E-state index in [-0.39, 0.29) is 0 Å². The highest BCUT2D eigenvalue weighted by atomic mass is 16.5. The number of nitrogens with one attached hydrogen (secondary N) is 2. The van der Waals surface area contributed by atoms with E-state index < -0.39 is 30.0 Å². The minimum absolute atomic E-state index is 0.306. The molecule has 0 heterocycles. The number of benzene rings is 2. The van der Waals surface area contributed by atoms with E-state index in [0.29, 0.717) is 11.1 Å². The van der Waals surface area contributed by atoms with Crippen molar-refractivity contribution < 1.29 is 19.9 Å². The van der Waals surface area contributed by atoms with E-state index in [2.05, 4.69) is 5.32 Å². The van der Waals surface area contributed by atoms with Gasteiger partial charge >= 0.3 is 0 Å². The normalized spacial score (nSPS) is 14.2. The smallest absolute Gasteiger partial charge is 0.267 e. The summed E-state index contributed by atoms with van der Waals surface area (Å²) in [7, 11) is 0. The minimum Gasteiger partial charge on any atom is -0.384 e. The van der Waals surface area contributed by atoms with Gasteiger partial charge in [-0.05, 0) is 30.2 Å². The van der Waals surface area contributed by atoms with Crippen molar-refractivity contribution in [1.29, 1.82) is 0 Å². The maximum absolute atomic E-state index is 12.2. The minimum atomic E-state index is -1.06. The molecule has 0 fully saturated rings. The summed E-state index contributed by atoms with van der Waals surface area (Å²) >= 11 is 0. The number of hydrogen-bond donors (Lipinski definition) is 5. The van der Waals surface area contributed by atoms with E-state index in [4.69, 9.17) is 10.9 Å². The van der Waals surface area contributed by atoms with Crippen molar-refractivity contribution in [3.05, 3.63) is 71.3 Å². The molecule has 2 aromatic rings. The third-order valence-corrected chi connectivity index (χ3v) is 3.81. The number of nitrogens with two attached hydrogens (primary N) is 1. The Balaban J connectivity index is 2.11. The summed E-state index contributed by atoms with van der Waals surface area (Å²) in [4.78, 5) is 23.8.